The topological polar surface area (TPSA) is 92.4 Å². The zero-order valence-electron chi connectivity index (χ0n) is 11.8. The van der Waals surface area contributed by atoms with Crippen LogP contribution in [-0.4, -0.2) is 17.1 Å². The summed E-state index contributed by atoms with van der Waals surface area (Å²) in [7, 11) is 0. The molecule has 0 aromatic heterocycles. The highest BCUT2D eigenvalue weighted by atomic mass is 79.9. The standard InChI is InChI=1S/C15H10BrF3N2O3/c16-9-5-6-10(21-14(20)24)12(13(22)23)11(9)7-3-1-2-4-8(7)15(17,18)19/h1-6H,(H,22,23)(H3,20,21,24). The number of carbonyl (C=O) groups excluding carboxylic acids is 1. The Morgan fingerprint density at radius 3 is 2.29 bits per heavy atom. The van der Waals surface area contributed by atoms with Gasteiger partial charge in [0, 0.05) is 10.0 Å². The van der Waals surface area contributed by atoms with Gasteiger partial charge in [-0.15, -0.1) is 0 Å². The number of nitrogens with two attached hydrogens (primary N) is 1. The summed E-state index contributed by atoms with van der Waals surface area (Å²) in [6.45, 7) is 0. The number of carboxylic acids is 1. The largest absolute Gasteiger partial charge is 0.478 e. The summed E-state index contributed by atoms with van der Waals surface area (Å²) in [5.41, 5.74) is 2.75. The second kappa shape index (κ2) is 6.52. The molecule has 0 bridgehead atoms. The van der Waals surface area contributed by atoms with Gasteiger partial charge in [-0.2, -0.15) is 13.2 Å². The van der Waals surface area contributed by atoms with Crippen molar-refractivity contribution in [2.24, 2.45) is 5.73 Å². The maximum atomic E-state index is 13.3. The molecule has 24 heavy (non-hydrogen) atoms. The molecule has 0 aliphatic heterocycles. The summed E-state index contributed by atoms with van der Waals surface area (Å²) in [5.74, 6) is -1.51. The number of urea groups is 1. The van der Waals surface area contributed by atoms with Gasteiger partial charge in [-0.05, 0) is 23.8 Å². The van der Waals surface area contributed by atoms with Crippen molar-refractivity contribution in [3.63, 3.8) is 0 Å². The molecule has 0 radical (unpaired) electrons. The van der Waals surface area contributed by atoms with E-state index < -0.39 is 29.3 Å². The van der Waals surface area contributed by atoms with E-state index in [1.54, 1.807) is 0 Å². The molecule has 5 nitrogen and oxygen atoms in total. The highest BCUT2D eigenvalue weighted by molar-refractivity contribution is 9.10. The molecule has 126 valence electrons. The van der Waals surface area contributed by atoms with Crippen molar-refractivity contribution < 1.29 is 27.9 Å². The predicted molar refractivity (Wildman–Crippen MR) is 84.7 cm³/mol. The molecule has 0 atom stereocenters. The van der Waals surface area contributed by atoms with Crippen LogP contribution in [0.2, 0.25) is 0 Å². The Hall–Kier alpha value is -2.55. The second-order valence-corrected chi connectivity index (χ2v) is 5.54. The number of anilines is 1. The maximum absolute atomic E-state index is 13.3. The molecule has 0 saturated heterocycles. The number of halogens is 4. The van der Waals surface area contributed by atoms with Crippen LogP contribution < -0.4 is 11.1 Å². The highest BCUT2D eigenvalue weighted by Crippen LogP contribution is 2.42. The lowest BCUT2D eigenvalue weighted by Crippen LogP contribution is -2.21. The average molecular weight is 403 g/mol. The van der Waals surface area contributed by atoms with Crippen molar-refractivity contribution in [1.29, 1.82) is 0 Å². The molecule has 0 spiro atoms. The number of hydrogen-bond acceptors (Lipinski definition) is 2. The number of carboxylic acid groups (broad SMARTS) is 1. The molecule has 0 aliphatic carbocycles. The van der Waals surface area contributed by atoms with Gasteiger partial charge in [0.15, 0.2) is 0 Å². The molecule has 0 fully saturated rings. The minimum atomic E-state index is -4.68. The number of benzene rings is 2. The summed E-state index contributed by atoms with van der Waals surface area (Å²) in [6, 6.07) is 6.10. The zero-order valence-corrected chi connectivity index (χ0v) is 13.4. The van der Waals surface area contributed by atoms with Gasteiger partial charge in [0.2, 0.25) is 0 Å². The quantitative estimate of drug-likeness (QED) is 0.713. The van der Waals surface area contributed by atoms with Crippen molar-refractivity contribution in [3.05, 3.63) is 52.0 Å². The first-order valence-corrected chi connectivity index (χ1v) is 7.21. The lowest BCUT2D eigenvalue weighted by Gasteiger charge is -2.18. The molecular weight excluding hydrogens is 393 g/mol. The first-order chi connectivity index (χ1) is 11.1. The van der Waals surface area contributed by atoms with Crippen LogP contribution >= 0.6 is 15.9 Å². The number of aromatic carboxylic acids is 1. The predicted octanol–water partition coefficient (Wildman–Crippen LogP) is 4.32. The van der Waals surface area contributed by atoms with E-state index in [9.17, 15) is 27.9 Å². The van der Waals surface area contributed by atoms with Gasteiger partial charge >= 0.3 is 18.2 Å². The van der Waals surface area contributed by atoms with Crippen molar-refractivity contribution in [3.8, 4) is 11.1 Å². The SMILES string of the molecule is NC(=O)Nc1ccc(Br)c(-c2ccccc2C(F)(F)F)c1C(=O)O. The van der Waals surface area contributed by atoms with Crippen LogP contribution in [0, 0.1) is 0 Å². The Labute approximate surface area is 142 Å². The average Bonchev–Trinajstić information content (AvgIpc) is 2.47. The number of carbonyl (C=O) groups is 2. The van der Waals surface area contributed by atoms with E-state index in [1.807, 2.05) is 0 Å². The zero-order chi connectivity index (χ0) is 18.1. The summed E-state index contributed by atoms with van der Waals surface area (Å²) in [4.78, 5) is 22.6. The third-order valence-electron chi connectivity index (χ3n) is 3.13. The van der Waals surface area contributed by atoms with E-state index in [2.05, 4.69) is 21.2 Å². The molecule has 0 heterocycles. The Bertz CT molecular complexity index is 822. The number of rotatable bonds is 3. The highest BCUT2D eigenvalue weighted by Gasteiger charge is 2.35. The van der Waals surface area contributed by atoms with Crippen LogP contribution in [0.4, 0.5) is 23.7 Å². The Kier molecular flexibility index (Phi) is 4.83. The Balaban J connectivity index is 2.85. The van der Waals surface area contributed by atoms with Gasteiger partial charge in [-0.25, -0.2) is 9.59 Å². The molecule has 9 heteroatoms. The molecular formula is C15H10BrF3N2O3. The molecule has 4 N–H and O–H groups in total. The van der Waals surface area contributed by atoms with Gasteiger partial charge in [0.1, 0.15) is 0 Å². The van der Waals surface area contributed by atoms with E-state index in [-0.39, 0.29) is 21.3 Å². The molecule has 0 unspecified atom stereocenters. The third kappa shape index (κ3) is 3.51. The molecule has 0 saturated carbocycles. The monoisotopic (exact) mass is 402 g/mol. The van der Waals surface area contributed by atoms with E-state index in [0.717, 1.165) is 12.1 Å². The van der Waals surface area contributed by atoms with Gasteiger partial charge in [-0.3, -0.25) is 0 Å². The first-order valence-electron chi connectivity index (χ1n) is 6.41. The number of alkyl halides is 3. The minimum absolute atomic E-state index is 0.131. The number of primary amides is 1. The van der Waals surface area contributed by atoms with Gasteiger partial charge in [0.25, 0.3) is 0 Å². The van der Waals surface area contributed by atoms with E-state index in [0.29, 0.717) is 0 Å². The summed E-state index contributed by atoms with van der Waals surface area (Å²) in [6.07, 6.45) is -4.68. The fourth-order valence-electron chi connectivity index (χ4n) is 2.25. The van der Waals surface area contributed by atoms with Gasteiger partial charge in [-0.1, -0.05) is 34.1 Å². The number of hydrogen-bond donors (Lipinski definition) is 3. The van der Waals surface area contributed by atoms with Crippen molar-refractivity contribution in [1.82, 2.24) is 0 Å². The summed E-state index contributed by atoms with van der Waals surface area (Å²) < 4.78 is 39.9. The van der Waals surface area contributed by atoms with E-state index in [1.165, 1.54) is 24.3 Å². The maximum Gasteiger partial charge on any atom is 0.417 e. The van der Waals surface area contributed by atoms with E-state index >= 15 is 0 Å². The van der Waals surface area contributed by atoms with Crippen LogP contribution in [0.25, 0.3) is 11.1 Å². The fraction of sp³-hybridized carbons (Fsp3) is 0.0667. The van der Waals surface area contributed by atoms with Gasteiger partial charge < -0.3 is 16.2 Å². The molecule has 2 amide bonds. The summed E-state index contributed by atoms with van der Waals surface area (Å²) >= 11 is 3.08. The minimum Gasteiger partial charge on any atom is -0.478 e. The third-order valence-corrected chi connectivity index (χ3v) is 3.79. The lowest BCUT2D eigenvalue weighted by atomic mass is 9.94. The number of amides is 2. The molecule has 0 aliphatic rings. The van der Waals surface area contributed by atoms with Gasteiger partial charge in [0.05, 0.1) is 16.8 Å². The van der Waals surface area contributed by atoms with Crippen LogP contribution in [0.5, 0.6) is 0 Å². The van der Waals surface area contributed by atoms with Crippen molar-refractivity contribution in [2.75, 3.05) is 5.32 Å². The molecule has 2 aromatic rings. The molecule has 2 rings (SSSR count). The van der Waals surface area contributed by atoms with Crippen LogP contribution in [0.3, 0.4) is 0 Å². The van der Waals surface area contributed by atoms with Crippen LogP contribution in [0.15, 0.2) is 40.9 Å². The lowest BCUT2D eigenvalue weighted by molar-refractivity contribution is -0.137. The number of nitrogens with one attached hydrogen (secondary N) is 1. The van der Waals surface area contributed by atoms with Crippen LogP contribution in [-0.2, 0) is 6.18 Å². The van der Waals surface area contributed by atoms with Crippen molar-refractivity contribution >= 4 is 33.6 Å². The van der Waals surface area contributed by atoms with Crippen LogP contribution in [0.1, 0.15) is 15.9 Å². The van der Waals surface area contributed by atoms with Crippen molar-refractivity contribution in [2.45, 2.75) is 6.18 Å². The Morgan fingerprint density at radius 2 is 1.75 bits per heavy atom. The second-order valence-electron chi connectivity index (χ2n) is 4.68. The Morgan fingerprint density at radius 1 is 1.12 bits per heavy atom. The van der Waals surface area contributed by atoms with E-state index in [4.69, 9.17) is 5.73 Å². The smallest absolute Gasteiger partial charge is 0.417 e. The summed E-state index contributed by atoms with van der Waals surface area (Å²) in [5, 5.41) is 11.6. The first kappa shape index (κ1) is 17.8. The fourth-order valence-corrected chi connectivity index (χ4v) is 2.79. The normalized spacial score (nSPS) is 11.2. The molecule has 2 aromatic carbocycles.